The van der Waals surface area contributed by atoms with Gasteiger partial charge in [0, 0.05) is 17.2 Å². The Balaban J connectivity index is 3.44. The van der Waals surface area contributed by atoms with E-state index in [1.54, 1.807) is 14.2 Å². The van der Waals surface area contributed by atoms with Crippen molar-refractivity contribution in [2.24, 2.45) is 5.73 Å². The first kappa shape index (κ1) is 12.1. The van der Waals surface area contributed by atoms with Crippen molar-refractivity contribution in [2.45, 2.75) is 19.9 Å². The molecule has 0 aliphatic rings. The molecule has 1 aromatic rings. The van der Waals surface area contributed by atoms with E-state index in [1.807, 2.05) is 19.9 Å². The van der Waals surface area contributed by atoms with Crippen LogP contribution in [-0.2, 0) is 0 Å². The quantitative estimate of drug-likeness (QED) is 0.867. The van der Waals surface area contributed by atoms with E-state index in [0.717, 1.165) is 16.9 Å². The zero-order chi connectivity index (χ0) is 11.6. The summed E-state index contributed by atoms with van der Waals surface area (Å²) in [6.45, 7) is 3.76. The van der Waals surface area contributed by atoms with E-state index in [4.69, 9.17) is 26.8 Å². The molecule has 1 atom stereocenters. The molecule has 0 fully saturated rings. The number of methoxy groups -OCH3 is 2. The van der Waals surface area contributed by atoms with Crippen LogP contribution in [0.1, 0.15) is 24.1 Å². The average molecular weight is 230 g/mol. The van der Waals surface area contributed by atoms with E-state index in [2.05, 4.69) is 0 Å². The molecule has 0 aliphatic carbocycles. The van der Waals surface area contributed by atoms with Crippen LogP contribution in [0.25, 0.3) is 0 Å². The summed E-state index contributed by atoms with van der Waals surface area (Å²) < 4.78 is 10.5. The van der Waals surface area contributed by atoms with E-state index in [0.29, 0.717) is 10.8 Å². The highest BCUT2D eigenvalue weighted by Gasteiger charge is 2.17. The van der Waals surface area contributed by atoms with Crippen LogP contribution in [0.5, 0.6) is 11.5 Å². The Morgan fingerprint density at radius 1 is 1.33 bits per heavy atom. The zero-order valence-electron chi connectivity index (χ0n) is 9.43. The second-order valence-corrected chi connectivity index (χ2v) is 3.81. The lowest BCUT2D eigenvalue weighted by atomic mass is 10.0. The van der Waals surface area contributed by atoms with Crippen molar-refractivity contribution in [2.75, 3.05) is 14.2 Å². The molecule has 2 N–H and O–H groups in total. The minimum atomic E-state index is -0.146. The molecule has 0 bridgehead atoms. The summed E-state index contributed by atoms with van der Waals surface area (Å²) in [5.74, 6) is 1.36. The van der Waals surface area contributed by atoms with Gasteiger partial charge in [0.05, 0.1) is 19.2 Å². The van der Waals surface area contributed by atoms with Crippen LogP contribution in [0.4, 0.5) is 0 Å². The number of hydrogen-bond acceptors (Lipinski definition) is 3. The predicted molar refractivity (Wildman–Crippen MR) is 61.9 cm³/mol. The molecule has 0 heterocycles. The van der Waals surface area contributed by atoms with Crippen molar-refractivity contribution in [1.29, 1.82) is 0 Å². The zero-order valence-corrected chi connectivity index (χ0v) is 10.2. The third-order valence-electron chi connectivity index (χ3n) is 2.36. The summed E-state index contributed by atoms with van der Waals surface area (Å²) in [5, 5.41) is 0.559. The Kier molecular flexibility index (Phi) is 3.83. The van der Waals surface area contributed by atoms with E-state index < -0.39 is 0 Å². The lowest BCUT2D eigenvalue weighted by molar-refractivity contribution is 0.394. The molecule has 15 heavy (non-hydrogen) atoms. The van der Waals surface area contributed by atoms with Gasteiger partial charge in [-0.05, 0) is 19.9 Å². The first-order valence-electron chi connectivity index (χ1n) is 4.69. The van der Waals surface area contributed by atoms with Crippen LogP contribution in [0, 0.1) is 6.92 Å². The molecule has 84 valence electrons. The van der Waals surface area contributed by atoms with Crippen LogP contribution in [-0.4, -0.2) is 14.2 Å². The Hall–Kier alpha value is -0.930. The highest BCUT2D eigenvalue weighted by atomic mass is 35.5. The van der Waals surface area contributed by atoms with Gasteiger partial charge in [-0.2, -0.15) is 0 Å². The molecule has 1 aromatic carbocycles. The SMILES string of the molecule is COc1cc(C(C)N)c(OC)c(Cl)c1C. The molecular formula is C11H16ClNO2. The molecule has 4 heteroatoms. The van der Waals surface area contributed by atoms with Gasteiger partial charge in [-0.3, -0.25) is 0 Å². The fourth-order valence-electron chi connectivity index (χ4n) is 1.48. The minimum Gasteiger partial charge on any atom is -0.496 e. The fraction of sp³-hybridized carbons (Fsp3) is 0.455. The number of nitrogens with two attached hydrogens (primary N) is 1. The molecule has 1 rings (SSSR count). The molecule has 0 saturated carbocycles. The summed E-state index contributed by atoms with van der Waals surface area (Å²) in [4.78, 5) is 0. The van der Waals surface area contributed by atoms with Crippen molar-refractivity contribution in [3.8, 4) is 11.5 Å². The maximum atomic E-state index is 6.17. The van der Waals surface area contributed by atoms with Gasteiger partial charge in [-0.25, -0.2) is 0 Å². The van der Waals surface area contributed by atoms with Gasteiger partial charge in [0.15, 0.2) is 0 Å². The summed E-state index contributed by atoms with van der Waals surface area (Å²) in [6, 6.07) is 1.72. The minimum absolute atomic E-state index is 0.146. The van der Waals surface area contributed by atoms with Gasteiger partial charge in [0.2, 0.25) is 0 Å². The third kappa shape index (κ3) is 2.19. The first-order chi connectivity index (χ1) is 7.02. The Morgan fingerprint density at radius 3 is 2.33 bits per heavy atom. The van der Waals surface area contributed by atoms with Gasteiger partial charge < -0.3 is 15.2 Å². The summed E-state index contributed by atoms with van der Waals surface area (Å²) in [7, 11) is 3.19. The molecular weight excluding hydrogens is 214 g/mol. The van der Waals surface area contributed by atoms with Crippen LogP contribution in [0.3, 0.4) is 0 Å². The molecule has 0 radical (unpaired) electrons. The standard InChI is InChI=1S/C11H16ClNO2/c1-6-9(14-3)5-8(7(2)13)11(15-4)10(6)12/h5,7H,13H2,1-4H3. The van der Waals surface area contributed by atoms with Crippen LogP contribution < -0.4 is 15.2 Å². The molecule has 0 aromatic heterocycles. The monoisotopic (exact) mass is 229 g/mol. The first-order valence-corrected chi connectivity index (χ1v) is 5.07. The second-order valence-electron chi connectivity index (χ2n) is 3.43. The number of benzene rings is 1. The fourth-order valence-corrected chi connectivity index (χ4v) is 1.76. The van der Waals surface area contributed by atoms with Crippen LogP contribution in [0.15, 0.2) is 6.07 Å². The normalized spacial score (nSPS) is 12.4. The van der Waals surface area contributed by atoms with Gasteiger partial charge in [-0.1, -0.05) is 11.6 Å². The molecule has 0 spiro atoms. The van der Waals surface area contributed by atoms with Gasteiger partial charge in [0.1, 0.15) is 11.5 Å². The van der Waals surface area contributed by atoms with Gasteiger partial charge >= 0.3 is 0 Å². The summed E-state index contributed by atoms with van der Waals surface area (Å²) in [6.07, 6.45) is 0. The number of halogens is 1. The number of rotatable bonds is 3. The molecule has 3 nitrogen and oxygen atoms in total. The number of hydrogen-bond donors (Lipinski definition) is 1. The van der Waals surface area contributed by atoms with Crippen molar-refractivity contribution < 1.29 is 9.47 Å². The number of ether oxygens (including phenoxy) is 2. The van der Waals surface area contributed by atoms with Crippen LogP contribution in [0.2, 0.25) is 5.02 Å². The van der Waals surface area contributed by atoms with E-state index in [1.165, 1.54) is 0 Å². The average Bonchev–Trinajstić information content (AvgIpc) is 2.21. The summed E-state index contributed by atoms with van der Waals surface area (Å²) in [5.41, 5.74) is 7.55. The highest BCUT2D eigenvalue weighted by Crippen LogP contribution is 2.39. The van der Waals surface area contributed by atoms with Crippen molar-refractivity contribution in [3.63, 3.8) is 0 Å². The van der Waals surface area contributed by atoms with Crippen molar-refractivity contribution >= 4 is 11.6 Å². The summed E-state index contributed by atoms with van der Waals surface area (Å²) >= 11 is 6.17. The highest BCUT2D eigenvalue weighted by molar-refractivity contribution is 6.33. The van der Waals surface area contributed by atoms with Crippen LogP contribution >= 0.6 is 11.6 Å². The lowest BCUT2D eigenvalue weighted by Crippen LogP contribution is -2.08. The molecule has 0 saturated heterocycles. The Bertz CT molecular complexity index is 364. The van der Waals surface area contributed by atoms with E-state index in [9.17, 15) is 0 Å². The Labute approximate surface area is 95.1 Å². The maximum absolute atomic E-state index is 6.17. The molecule has 0 amide bonds. The molecule has 0 aliphatic heterocycles. The largest absolute Gasteiger partial charge is 0.496 e. The van der Waals surface area contributed by atoms with E-state index in [-0.39, 0.29) is 6.04 Å². The predicted octanol–water partition coefficient (Wildman–Crippen LogP) is 2.69. The van der Waals surface area contributed by atoms with Crippen molar-refractivity contribution in [3.05, 3.63) is 22.2 Å². The third-order valence-corrected chi connectivity index (χ3v) is 2.82. The second kappa shape index (κ2) is 4.73. The van der Waals surface area contributed by atoms with Crippen molar-refractivity contribution in [1.82, 2.24) is 0 Å². The van der Waals surface area contributed by atoms with Gasteiger partial charge in [0.25, 0.3) is 0 Å². The molecule has 1 unspecified atom stereocenters. The lowest BCUT2D eigenvalue weighted by Gasteiger charge is -2.17. The maximum Gasteiger partial charge on any atom is 0.142 e. The van der Waals surface area contributed by atoms with E-state index >= 15 is 0 Å². The topological polar surface area (TPSA) is 44.5 Å². The van der Waals surface area contributed by atoms with Gasteiger partial charge in [-0.15, -0.1) is 0 Å². The Morgan fingerprint density at radius 2 is 1.93 bits per heavy atom. The smallest absolute Gasteiger partial charge is 0.142 e.